The lowest BCUT2D eigenvalue weighted by Gasteiger charge is -2.36. The van der Waals surface area contributed by atoms with Crippen LogP contribution in [0.3, 0.4) is 0 Å². The number of hydrogen-bond acceptors (Lipinski definition) is 8. The van der Waals surface area contributed by atoms with E-state index >= 15 is 0 Å². The Bertz CT molecular complexity index is 1630. The van der Waals surface area contributed by atoms with Crippen molar-refractivity contribution in [1.29, 1.82) is 0 Å². The molecule has 6 rings (SSSR count). The number of aryl methyl sites for hydroxylation is 2. The molecule has 4 aromatic rings. The summed E-state index contributed by atoms with van der Waals surface area (Å²) in [7, 11) is 6.14. The van der Waals surface area contributed by atoms with Crippen molar-refractivity contribution < 1.29 is 9.90 Å². The van der Waals surface area contributed by atoms with Crippen LogP contribution in [-0.2, 0) is 7.05 Å². The van der Waals surface area contributed by atoms with Crippen LogP contribution in [0, 0.1) is 13.8 Å². The Hall–Kier alpha value is -3.80. The van der Waals surface area contributed by atoms with E-state index in [1.807, 2.05) is 37.7 Å². The largest absolute Gasteiger partial charge is 0.393 e. The van der Waals surface area contributed by atoms with Crippen LogP contribution in [-0.4, -0.2) is 105 Å². The molecule has 11 heteroatoms. The minimum absolute atomic E-state index is 0.143. The molecular weight excluding hydrogens is 554 g/mol. The number of aliphatic hydroxyl groups excluding tert-OH is 1. The van der Waals surface area contributed by atoms with E-state index in [1.54, 1.807) is 6.20 Å². The van der Waals surface area contributed by atoms with Crippen LogP contribution in [0.4, 0.5) is 11.6 Å². The first-order chi connectivity index (χ1) is 21.2. The number of rotatable bonds is 8. The minimum atomic E-state index is -0.271. The number of carbonyl (C=O) groups is 1. The molecule has 0 bridgehead atoms. The first-order valence-corrected chi connectivity index (χ1v) is 15.8. The molecule has 4 heterocycles. The quantitative estimate of drug-likeness (QED) is 0.315. The minimum Gasteiger partial charge on any atom is -0.393 e. The summed E-state index contributed by atoms with van der Waals surface area (Å²) in [6.45, 7) is 10.1. The van der Waals surface area contributed by atoms with Gasteiger partial charge in [0.15, 0.2) is 0 Å². The summed E-state index contributed by atoms with van der Waals surface area (Å²) in [4.78, 5) is 30.6. The zero-order chi connectivity index (χ0) is 31.0. The van der Waals surface area contributed by atoms with Crippen molar-refractivity contribution in [3.05, 3.63) is 53.5 Å². The Morgan fingerprint density at radius 2 is 1.77 bits per heavy atom. The Kier molecular flexibility index (Phi) is 8.70. The summed E-state index contributed by atoms with van der Waals surface area (Å²) >= 11 is 0. The average molecular weight is 600 g/mol. The number of imidazole rings is 1. The number of benzene rings is 1. The van der Waals surface area contributed by atoms with Gasteiger partial charge in [-0.25, -0.2) is 4.98 Å². The topological polar surface area (TPSA) is 108 Å². The molecule has 1 aliphatic carbocycles. The molecule has 234 valence electrons. The van der Waals surface area contributed by atoms with Gasteiger partial charge in [-0.1, -0.05) is 0 Å². The van der Waals surface area contributed by atoms with E-state index in [-0.39, 0.29) is 18.1 Å². The molecule has 44 heavy (non-hydrogen) atoms. The van der Waals surface area contributed by atoms with Gasteiger partial charge in [0.25, 0.3) is 5.91 Å². The lowest BCUT2D eigenvalue weighted by Crippen LogP contribution is -2.48. The molecule has 2 aliphatic rings. The fourth-order valence-electron chi connectivity index (χ4n) is 6.48. The molecule has 1 saturated carbocycles. The number of pyridine rings is 1. The summed E-state index contributed by atoms with van der Waals surface area (Å²) in [5.41, 5.74) is 6.97. The number of aromatic nitrogens is 5. The van der Waals surface area contributed by atoms with Gasteiger partial charge in [0, 0.05) is 80.6 Å². The fraction of sp³-hybridized carbons (Fsp3) is 0.515. The number of piperazine rings is 1. The highest BCUT2D eigenvalue weighted by atomic mass is 16.3. The van der Waals surface area contributed by atoms with Gasteiger partial charge in [0.05, 0.1) is 29.0 Å². The van der Waals surface area contributed by atoms with Crippen LogP contribution in [0.5, 0.6) is 0 Å². The number of fused-ring (bicyclic) bond motifs is 1. The second-order valence-electron chi connectivity index (χ2n) is 12.7. The fourth-order valence-corrected chi connectivity index (χ4v) is 6.48. The first kappa shape index (κ1) is 30.2. The molecular formula is C33H45N9O2. The van der Waals surface area contributed by atoms with Crippen LogP contribution in [0.25, 0.3) is 22.3 Å². The third-order valence-electron chi connectivity index (χ3n) is 9.26. The number of likely N-dealkylation sites (N-methyl/N-ethyl adjacent to an activating group) is 1. The van der Waals surface area contributed by atoms with Crippen molar-refractivity contribution in [2.75, 3.05) is 63.6 Å². The number of anilines is 2. The Labute approximate surface area is 259 Å². The van der Waals surface area contributed by atoms with Gasteiger partial charge >= 0.3 is 0 Å². The van der Waals surface area contributed by atoms with Crippen molar-refractivity contribution in [2.45, 2.75) is 51.7 Å². The smallest absolute Gasteiger partial charge is 0.258 e. The van der Waals surface area contributed by atoms with Crippen LogP contribution >= 0.6 is 0 Å². The number of hydrogen-bond donors (Lipinski definition) is 2. The lowest BCUT2D eigenvalue weighted by molar-refractivity contribution is 0.102. The van der Waals surface area contributed by atoms with Gasteiger partial charge in [0.2, 0.25) is 5.95 Å². The van der Waals surface area contributed by atoms with E-state index in [2.05, 4.69) is 67.0 Å². The molecule has 1 amide bonds. The summed E-state index contributed by atoms with van der Waals surface area (Å²) < 4.78 is 4.01. The number of aliphatic hydroxyl groups is 1. The van der Waals surface area contributed by atoms with Crippen molar-refractivity contribution >= 4 is 28.6 Å². The maximum atomic E-state index is 13.8. The highest BCUT2D eigenvalue weighted by Crippen LogP contribution is 2.36. The second-order valence-corrected chi connectivity index (χ2v) is 12.7. The van der Waals surface area contributed by atoms with E-state index < -0.39 is 0 Å². The molecule has 1 aromatic carbocycles. The zero-order valence-electron chi connectivity index (χ0n) is 26.6. The Balaban J connectivity index is 1.29. The van der Waals surface area contributed by atoms with Gasteiger partial charge in [-0.15, -0.1) is 0 Å². The molecule has 1 saturated heterocycles. The van der Waals surface area contributed by atoms with E-state index in [1.165, 1.54) is 5.69 Å². The SMILES string of the molecule is Cc1cc(C(=O)Nc2nc3ccc(N4CCN(CCN(C)C)CC4)cc3n2[C@H]2CC[C@@H](O)CC2)cc(-c2cnn(C)c2C)n1. The van der Waals surface area contributed by atoms with E-state index in [9.17, 15) is 9.90 Å². The highest BCUT2D eigenvalue weighted by molar-refractivity contribution is 6.05. The molecule has 3 aromatic heterocycles. The zero-order valence-corrected chi connectivity index (χ0v) is 26.6. The lowest BCUT2D eigenvalue weighted by atomic mass is 9.93. The monoisotopic (exact) mass is 599 g/mol. The van der Waals surface area contributed by atoms with Crippen molar-refractivity contribution in [2.24, 2.45) is 7.05 Å². The maximum Gasteiger partial charge on any atom is 0.258 e. The summed E-state index contributed by atoms with van der Waals surface area (Å²) in [5, 5.41) is 17.8. The first-order valence-electron chi connectivity index (χ1n) is 15.8. The number of carbonyl (C=O) groups excluding carboxylic acids is 1. The van der Waals surface area contributed by atoms with Crippen LogP contribution in [0.1, 0.15) is 53.5 Å². The summed E-state index contributed by atoms with van der Waals surface area (Å²) in [5.74, 6) is 0.324. The Morgan fingerprint density at radius 1 is 1.02 bits per heavy atom. The molecule has 2 fully saturated rings. The predicted molar refractivity (Wildman–Crippen MR) is 174 cm³/mol. The standard InChI is InChI=1S/C33H45N9O2/c1-22-18-24(19-30(35-22)28-21-34-39(5)23(28)2)32(44)37-33-36-29-11-8-26(41-16-14-40(15-17-41)13-12-38(3)4)20-31(29)42(33)25-6-9-27(43)10-7-25/h8,11,18-21,25,27,43H,6-7,9-10,12-17H2,1-5H3,(H,36,37,44)/t25-,27+. The van der Waals surface area contributed by atoms with Crippen molar-refractivity contribution in [1.82, 2.24) is 34.1 Å². The Morgan fingerprint density at radius 3 is 2.45 bits per heavy atom. The van der Waals surface area contributed by atoms with Crippen molar-refractivity contribution in [3.8, 4) is 11.3 Å². The molecule has 0 unspecified atom stereocenters. The molecule has 11 nitrogen and oxygen atoms in total. The third kappa shape index (κ3) is 6.36. The maximum absolute atomic E-state index is 13.8. The highest BCUT2D eigenvalue weighted by Gasteiger charge is 2.27. The number of nitrogens with zero attached hydrogens (tertiary/aromatic N) is 8. The molecule has 2 N–H and O–H groups in total. The van der Waals surface area contributed by atoms with Gasteiger partial charge in [0.1, 0.15) is 0 Å². The van der Waals surface area contributed by atoms with E-state index in [0.29, 0.717) is 11.5 Å². The van der Waals surface area contributed by atoms with Crippen LogP contribution in [0.15, 0.2) is 36.5 Å². The van der Waals surface area contributed by atoms with Gasteiger partial charge in [-0.2, -0.15) is 5.10 Å². The summed E-state index contributed by atoms with van der Waals surface area (Å²) in [6.07, 6.45) is 4.67. The number of nitrogens with one attached hydrogen (secondary N) is 1. The van der Waals surface area contributed by atoms with E-state index in [4.69, 9.17) is 4.98 Å². The normalized spacial score (nSPS) is 19.7. The molecule has 0 atom stereocenters. The molecule has 1 aliphatic heterocycles. The predicted octanol–water partition coefficient (Wildman–Crippen LogP) is 3.86. The van der Waals surface area contributed by atoms with Gasteiger partial charge in [-0.3, -0.25) is 24.7 Å². The van der Waals surface area contributed by atoms with Crippen LogP contribution < -0.4 is 10.2 Å². The molecule has 0 spiro atoms. The van der Waals surface area contributed by atoms with Crippen molar-refractivity contribution in [3.63, 3.8) is 0 Å². The van der Waals surface area contributed by atoms with Gasteiger partial charge < -0.3 is 19.5 Å². The molecule has 0 radical (unpaired) electrons. The van der Waals surface area contributed by atoms with Gasteiger partial charge in [-0.05, 0) is 84.0 Å². The summed E-state index contributed by atoms with van der Waals surface area (Å²) in [6, 6.07) is 10.2. The third-order valence-corrected chi connectivity index (χ3v) is 9.26. The van der Waals surface area contributed by atoms with E-state index in [0.717, 1.165) is 98.6 Å². The average Bonchev–Trinajstić information content (AvgIpc) is 3.54. The second kappa shape index (κ2) is 12.7. The van der Waals surface area contributed by atoms with Crippen LogP contribution in [0.2, 0.25) is 0 Å². The number of amides is 1.